The number of amides is 1. The van der Waals surface area contributed by atoms with Crippen LogP contribution in [-0.2, 0) is 11.3 Å². The number of nitrogens with two attached hydrogens (primary N) is 2. The van der Waals surface area contributed by atoms with Gasteiger partial charge in [0.05, 0.1) is 0 Å². The van der Waals surface area contributed by atoms with E-state index in [0.29, 0.717) is 6.54 Å². The number of piperidine rings is 1. The number of carbonyl (C=O) groups excluding carboxylic acids is 1. The van der Waals surface area contributed by atoms with Crippen LogP contribution in [0.4, 0.5) is 5.69 Å². The molecule has 0 spiro atoms. The van der Waals surface area contributed by atoms with E-state index in [0.717, 1.165) is 37.1 Å². The summed E-state index contributed by atoms with van der Waals surface area (Å²) in [6, 6.07) is 7.78. The fraction of sp³-hybridized carbons (Fsp3) is 0.462. The molecule has 4 heteroatoms. The number of hydrogen-bond donors (Lipinski definition) is 2. The molecule has 1 unspecified atom stereocenters. The summed E-state index contributed by atoms with van der Waals surface area (Å²) in [5.41, 5.74) is 13.3. The quantitative estimate of drug-likeness (QED) is 0.817. The Hall–Kier alpha value is -1.55. The maximum absolute atomic E-state index is 11.5. The van der Waals surface area contributed by atoms with E-state index in [2.05, 4.69) is 4.90 Å². The highest BCUT2D eigenvalue weighted by molar-refractivity contribution is 5.84. The Kier molecular flexibility index (Phi) is 3.64. The standard InChI is InChI=1S/C13H19N3O/c14-9-10-5-1-2-6-11(10)16-8-4-3-7-12(16)13(15)17/h1-2,5-6,12H,3-4,7-9,14H2,(H2,15,17). The summed E-state index contributed by atoms with van der Waals surface area (Å²) >= 11 is 0. The first-order valence-electron chi connectivity index (χ1n) is 6.08. The Morgan fingerprint density at radius 2 is 2.12 bits per heavy atom. The van der Waals surface area contributed by atoms with Gasteiger partial charge in [-0.1, -0.05) is 18.2 Å². The minimum Gasteiger partial charge on any atom is -0.368 e. The monoisotopic (exact) mass is 233 g/mol. The van der Waals surface area contributed by atoms with Crippen molar-refractivity contribution >= 4 is 11.6 Å². The summed E-state index contributed by atoms with van der Waals surface area (Å²) in [7, 11) is 0. The van der Waals surface area contributed by atoms with Gasteiger partial charge in [-0.2, -0.15) is 0 Å². The highest BCUT2D eigenvalue weighted by Gasteiger charge is 2.27. The van der Waals surface area contributed by atoms with Crippen LogP contribution in [0.3, 0.4) is 0 Å². The van der Waals surface area contributed by atoms with Gasteiger partial charge in [-0.15, -0.1) is 0 Å². The lowest BCUT2D eigenvalue weighted by Crippen LogP contribution is -2.48. The topological polar surface area (TPSA) is 72.3 Å². The number of carbonyl (C=O) groups is 1. The number of benzene rings is 1. The third kappa shape index (κ3) is 2.42. The highest BCUT2D eigenvalue weighted by atomic mass is 16.1. The Balaban J connectivity index is 2.32. The fourth-order valence-corrected chi connectivity index (χ4v) is 2.48. The highest BCUT2D eigenvalue weighted by Crippen LogP contribution is 2.27. The third-order valence-corrected chi connectivity index (χ3v) is 3.35. The zero-order chi connectivity index (χ0) is 12.3. The maximum Gasteiger partial charge on any atom is 0.240 e. The molecule has 1 aliphatic heterocycles. The molecule has 0 aromatic heterocycles. The number of nitrogens with zero attached hydrogens (tertiary/aromatic N) is 1. The van der Waals surface area contributed by atoms with Crippen molar-refractivity contribution in [1.29, 1.82) is 0 Å². The first kappa shape index (κ1) is 11.9. The van der Waals surface area contributed by atoms with E-state index in [4.69, 9.17) is 11.5 Å². The molecule has 2 rings (SSSR count). The van der Waals surface area contributed by atoms with E-state index in [9.17, 15) is 4.79 Å². The second-order valence-electron chi connectivity index (χ2n) is 4.44. The van der Waals surface area contributed by atoms with Gasteiger partial charge in [0.1, 0.15) is 6.04 Å². The molecule has 0 bridgehead atoms. The van der Waals surface area contributed by atoms with Crippen LogP contribution >= 0.6 is 0 Å². The van der Waals surface area contributed by atoms with Gasteiger partial charge in [0.25, 0.3) is 0 Å². The largest absolute Gasteiger partial charge is 0.368 e. The van der Waals surface area contributed by atoms with Crippen LogP contribution in [0, 0.1) is 0 Å². The van der Waals surface area contributed by atoms with E-state index < -0.39 is 0 Å². The first-order valence-corrected chi connectivity index (χ1v) is 6.08. The van der Waals surface area contributed by atoms with E-state index in [1.165, 1.54) is 0 Å². The van der Waals surface area contributed by atoms with Crippen molar-refractivity contribution in [2.24, 2.45) is 11.5 Å². The molecule has 0 saturated carbocycles. The van der Waals surface area contributed by atoms with Gasteiger partial charge in [0.15, 0.2) is 0 Å². The number of para-hydroxylation sites is 1. The molecular formula is C13H19N3O. The van der Waals surface area contributed by atoms with Crippen molar-refractivity contribution in [3.63, 3.8) is 0 Å². The average Bonchev–Trinajstić information content (AvgIpc) is 2.38. The van der Waals surface area contributed by atoms with Gasteiger partial charge in [0.2, 0.25) is 5.91 Å². The Labute approximate surface area is 102 Å². The summed E-state index contributed by atoms with van der Waals surface area (Å²) < 4.78 is 0. The maximum atomic E-state index is 11.5. The number of anilines is 1. The van der Waals surface area contributed by atoms with Crippen molar-refractivity contribution in [2.45, 2.75) is 31.8 Å². The van der Waals surface area contributed by atoms with E-state index in [1.807, 2.05) is 24.3 Å². The van der Waals surface area contributed by atoms with Gasteiger partial charge < -0.3 is 16.4 Å². The number of rotatable bonds is 3. The van der Waals surface area contributed by atoms with Gasteiger partial charge in [0, 0.05) is 18.8 Å². The zero-order valence-electron chi connectivity index (χ0n) is 9.93. The minimum atomic E-state index is -0.239. The predicted molar refractivity (Wildman–Crippen MR) is 68.5 cm³/mol. The molecule has 4 N–H and O–H groups in total. The molecule has 1 saturated heterocycles. The molecule has 1 atom stereocenters. The van der Waals surface area contributed by atoms with Crippen molar-refractivity contribution in [2.75, 3.05) is 11.4 Å². The Bertz CT molecular complexity index is 405. The SMILES string of the molecule is NCc1ccccc1N1CCCCC1C(N)=O. The number of hydrogen-bond acceptors (Lipinski definition) is 3. The molecule has 1 aromatic rings. The molecule has 1 aromatic carbocycles. The van der Waals surface area contributed by atoms with Crippen molar-refractivity contribution in [3.8, 4) is 0 Å². The minimum absolute atomic E-state index is 0.184. The summed E-state index contributed by atoms with van der Waals surface area (Å²) in [5.74, 6) is -0.239. The molecule has 4 nitrogen and oxygen atoms in total. The van der Waals surface area contributed by atoms with Crippen LogP contribution in [-0.4, -0.2) is 18.5 Å². The normalized spacial score (nSPS) is 20.3. The first-order chi connectivity index (χ1) is 8.24. The van der Waals surface area contributed by atoms with Crippen LogP contribution in [0.1, 0.15) is 24.8 Å². The average molecular weight is 233 g/mol. The molecule has 92 valence electrons. The van der Waals surface area contributed by atoms with E-state index in [1.54, 1.807) is 0 Å². The predicted octanol–water partition coefficient (Wildman–Crippen LogP) is 0.989. The fourth-order valence-electron chi connectivity index (χ4n) is 2.48. The second-order valence-corrected chi connectivity index (χ2v) is 4.44. The molecule has 1 amide bonds. The van der Waals surface area contributed by atoms with Gasteiger partial charge in [-0.05, 0) is 30.9 Å². The van der Waals surface area contributed by atoms with Gasteiger partial charge in [-0.3, -0.25) is 4.79 Å². The summed E-state index contributed by atoms with van der Waals surface area (Å²) in [4.78, 5) is 13.6. The molecule has 0 aliphatic carbocycles. The third-order valence-electron chi connectivity index (χ3n) is 3.35. The Morgan fingerprint density at radius 1 is 1.35 bits per heavy atom. The molecular weight excluding hydrogens is 214 g/mol. The lowest BCUT2D eigenvalue weighted by molar-refractivity contribution is -0.119. The lowest BCUT2D eigenvalue weighted by Gasteiger charge is -2.36. The van der Waals surface area contributed by atoms with E-state index in [-0.39, 0.29) is 11.9 Å². The van der Waals surface area contributed by atoms with Crippen LogP contribution in [0.15, 0.2) is 24.3 Å². The van der Waals surface area contributed by atoms with Crippen LogP contribution < -0.4 is 16.4 Å². The van der Waals surface area contributed by atoms with Crippen LogP contribution in [0.2, 0.25) is 0 Å². The zero-order valence-corrected chi connectivity index (χ0v) is 9.93. The second kappa shape index (κ2) is 5.19. The molecule has 1 fully saturated rings. The molecule has 17 heavy (non-hydrogen) atoms. The van der Waals surface area contributed by atoms with Crippen molar-refractivity contribution < 1.29 is 4.79 Å². The summed E-state index contributed by atoms with van der Waals surface area (Å²) in [6.07, 6.45) is 3.01. The molecule has 0 radical (unpaired) electrons. The summed E-state index contributed by atoms with van der Waals surface area (Å²) in [6.45, 7) is 1.36. The molecule has 1 aliphatic rings. The van der Waals surface area contributed by atoms with Gasteiger partial charge in [-0.25, -0.2) is 0 Å². The molecule has 1 heterocycles. The Morgan fingerprint density at radius 3 is 2.82 bits per heavy atom. The van der Waals surface area contributed by atoms with Crippen LogP contribution in [0.25, 0.3) is 0 Å². The summed E-state index contributed by atoms with van der Waals surface area (Å²) in [5, 5.41) is 0. The smallest absolute Gasteiger partial charge is 0.240 e. The van der Waals surface area contributed by atoms with E-state index >= 15 is 0 Å². The van der Waals surface area contributed by atoms with Crippen molar-refractivity contribution in [3.05, 3.63) is 29.8 Å². The lowest BCUT2D eigenvalue weighted by atomic mass is 9.99. The van der Waals surface area contributed by atoms with Crippen molar-refractivity contribution in [1.82, 2.24) is 0 Å². The number of primary amides is 1. The van der Waals surface area contributed by atoms with Crippen LogP contribution in [0.5, 0.6) is 0 Å². The van der Waals surface area contributed by atoms with Gasteiger partial charge >= 0.3 is 0 Å².